The maximum atomic E-state index is 13.6. The predicted molar refractivity (Wildman–Crippen MR) is 115 cm³/mol. The SMILES string of the molecule is CC[C@@H](C(=O)N[C@H](C)c1cc(C)ccc1C)N(c1ccc(F)c(Cl)c1)S(C)(=O)=O. The van der Waals surface area contributed by atoms with Crippen molar-refractivity contribution in [3.05, 3.63) is 63.9 Å². The van der Waals surface area contributed by atoms with Crippen molar-refractivity contribution < 1.29 is 17.6 Å². The summed E-state index contributed by atoms with van der Waals surface area (Å²) < 4.78 is 39.5. The molecule has 0 aromatic heterocycles. The number of hydrogen-bond donors (Lipinski definition) is 1. The van der Waals surface area contributed by atoms with E-state index in [4.69, 9.17) is 11.6 Å². The molecule has 1 N–H and O–H groups in total. The van der Waals surface area contributed by atoms with Crippen LogP contribution in [-0.2, 0) is 14.8 Å². The number of nitrogens with zero attached hydrogens (tertiary/aromatic N) is 1. The molecule has 0 aliphatic heterocycles. The van der Waals surface area contributed by atoms with E-state index >= 15 is 0 Å². The molecular formula is C21H26ClFN2O3S. The van der Waals surface area contributed by atoms with Gasteiger partial charge in [-0.3, -0.25) is 9.10 Å². The molecule has 0 radical (unpaired) electrons. The summed E-state index contributed by atoms with van der Waals surface area (Å²) in [6.07, 6.45) is 1.24. The highest BCUT2D eigenvalue weighted by atomic mass is 35.5. The molecule has 8 heteroatoms. The Balaban J connectivity index is 2.37. The van der Waals surface area contributed by atoms with Crippen molar-refractivity contribution in [3.63, 3.8) is 0 Å². The second kappa shape index (κ2) is 9.13. The zero-order chi connectivity index (χ0) is 21.9. The molecule has 0 saturated heterocycles. The molecule has 0 saturated carbocycles. The summed E-state index contributed by atoms with van der Waals surface area (Å²) >= 11 is 5.83. The average molecular weight is 441 g/mol. The first kappa shape index (κ1) is 23.2. The van der Waals surface area contributed by atoms with Gasteiger partial charge in [0.2, 0.25) is 15.9 Å². The van der Waals surface area contributed by atoms with Gasteiger partial charge in [-0.1, -0.05) is 42.3 Å². The highest BCUT2D eigenvalue weighted by molar-refractivity contribution is 7.92. The van der Waals surface area contributed by atoms with E-state index in [-0.39, 0.29) is 23.2 Å². The molecule has 2 aromatic carbocycles. The van der Waals surface area contributed by atoms with Crippen LogP contribution in [0.2, 0.25) is 5.02 Å². The van der Waals surface area contributed by atoms with Gasteiger partial charge in [0.15, 0.2) is 0 Å². The van der Waals surface area contributed by atoms with Crippen LogP contribution in [0, 0.1) is 19.7 Å². The number of nitrogens with one attached hydrogen (secondary N) is 1. The first-order valence-corrected chi connectivity index (χ1v) is 11.5. The van der Waals surface area contributed by atoms with Gasteiger partial charge in [0.05, 0.1) is 23.0 Å². The van der Waals surface area contributed by atoms with E-state index in [1.54, 1.807) is 6.92 Å². The summed E-state index contributed by atoms with van der Waals surface area (Å²) in [4.78, 5) is 13.0. The molecule has 0 heterocycles. The topological polar surface area (TPSA) is 66.5 Å². The van der Waals surface area contributed by atoms with Gasteiger partial charge >= 0.3 is 0 Å². The lowest BCUT2D eigenvalue weighted by Gasteiger charge is -2.31. The van der Waals surface area contributed by atoms with E-state index in [0.29, 0.717) is 0 Å². The van der Waals surface area contributed by atoms with Gasteiger partial charge in [-0.2, -0.15) is 0 Å². The van der Waals surface area contributed by atoms with Gasteiger partial charge in [0, 0.05) is 0 Å². The van der Waals surface area contributed by atoms with Gasteiger partial charge < -0.3 is 5.32 Å². The van der Waals surface area contributed by atoms with Gasteiger partial charge in [0.25, 0.3) is 0 Å². The minimum atomic E-state index is -3.83. The lowest BCUT2D eigenvalue weighted by Crippen LogP contribution is -2.49. The molecule has 0 unspecified atom stereocenters. The molecule has 0 aliphatic carbocycles. The van der Waals surface area contributed by atoms with Crippen molar-refractivity contribution in [3.8, 4) is 0 Å². The van der Waals surface area contributed by atoms with Crippen LogP contribution in [0.15, 0.2) is 36.4 Å². The predicted octanol–water partition coefficient (Wildman–Crippen LogP) is 4.52. The van der Waals surface area contributed by atoms with Crippen LogP contribution < -0.4 is 9.62 Å². The first-order valence-electron chi connectivity index (χ1n) is 9.27. The molecule has 29 heavy (non-hydrogen) atoms. The summed E-state index contributed by atoms with van der Waals surface area (Å²) in [6, 6.07) is 8.25. The fraction of sp³-hybridized carbons (Fsp3) is 0.381. The standard InChI is InChI=1S/C21H26ClFN2O3S/c1-6-20(21(26)24-15(4)17-11-13(2)7-8-14(17)3)25(29(5,27)28)16-9-10-19(23)18(22)12-16/h7-12,15,20H,6H2,1-5H3,(H,24,26)/t15-,20+/m1/s1. The fourth-order valence-corrected chi connectivity index (χ4v) is 4.67. The van der Waals surface area contributed by atoms with Crippen LogP contribution in [0.25, 0.3) is 0 Å². The molecule has 0 spiro atoms. The maximum absolute atomic E-state index is 13.6. The zero-order valence-electron chi connectivity index (χ0n) is 17.2. The lowest BCUT2D eigenvalue weighted by molar-refractivity contribution is -0.122. The molecule has 2 atom stereocenters. The van der Waals surface area contributed by atoms with Crippen LogP contribution in [0.4, 0.5) is 10.1 Å². The number of amides is 1. The normalized spacial score (nSPS) is 13.6. The molecule has 1 amide bonds. The minimum absolute atomic E-state index is 0.139. The minimum Gasteiger partial charge on any atom is -0.348 e. The molecule has 5 nitrogen and oxygen atoms in total. The zero-order valence-corrected chi connectivity index (χ0v) is 18.7. The number of rotatable bonds is 7. The second-order valence-corrected chi connectivity index (χ2v) is 9.44. The Kier molecular flexibility index (Phi) is 7.30. The fourth-order valence-electron chi connectivity index (χ4n) is 3.30. The Morgan fingerprint density at radius 1 is 1.21 bits per heavy atom. The van der Waals surface area contributed by atoms with E-state index in [2.05, 4.69) is 5.32 Å². The molecule has 0 bridgehead atoms. The molecule has 0 fully saturated rings. The summed E-state index contributed by atoms with van der Waals surface area (Å²) in [7, 11) is -3.83. The Labute approximate surface area is 176 Å². The van der Waals surface area contributed by atoms with E-state index in [0.717, 1.165) is 33.3 Å². The maximum Gasteiger partial charge on any atom is 0.244 e. The Hall–Kier alpha value is -2.12. The third kappa shape index (κ3) is 5.48. The van der Waals surface area contributed by atoms with Crippen molar-refractivity contribution in [2.24, 2.45) is 0 Å². The smallest absolute Gasteiger partial charge is 0.244 e. The van der Waals surface area contributed by atoms with Gasteiger partial charge in [-0.15, -0.1) is 0 Å². The summed E-state index contributed by atoms with van der Waals surface area (Å²) in [5, 5.41) is 2.70. The summed E-state index contributed by atoms with van der Waals surface area (Å²) in [5.41, 5.74) is 3.20. The van der Waals surface area contributed by atoms with Crippen molar-refractivity contribution in [1.82, 2.24) is 5.32 Å². The van der Waals surface area contributed by atoms with E-state index < -0.39 is 27.8 Å². The lowest BCUT2D eigenvalue weighted by atomic mass is 9.99. The van der Waals surface area contributed by atoms with Gasteiger partial charge in [-0.25, -0.2) is 12.8 Å². The quantitative estimate of drug-likeness (QED) is 0.688. The van der Waals surface area contributed by atoms with E-state index in [9.17, 15) is 17.6 Å². The monoisotopic (exact) mass is 440 g/mol. The molecule has 158 valence electrons. The number of carbonyl (C=O) groups is 1. The number of anilines is 1. The molecular weight excluding hydrogens is 415 g/mol. The summed E-state index contributed by atoms with van der Waals surface area (Å²) in [5.74, 6) is -1.10. The number of halogens is 2. The van der Waals surface area contributed by atoms with Crippen molar-refractivity contribution >= 4 is 33.2 Å². The highest BCUT2D eigenvalue weighted by Gasteiger charge is 2.32. The molecule has 2 rings (SSSR count). The number of benzene rings is 2. The number of sulfonamides is 1. The van der Waals surface area contributed by atoms with Gasteiger partial charge in [0.1, 0.15) is 11.9 Å². The average Bonchev–Trinajstić information content (AvgIpc) is 2.62. The van der Waals surface area contributed by atoms with E-state index in [1.807, 2.05) is 39.0 Å². The number of aryl methyl sites for hydroxylation is 2. The largest absolute Gasteiger partial charge is 0.348 e. The third-order valence-corrected chi connectivity index (χ3v) is 6.22. The highest BCUT2D eigenvalue weighted by Crippen LogP contribution is 2.28. The summed E-state index contributed by atoms with van der Waals surface area (Å²) in [6.45, 7) is 7.50. The Morgan fingerprint density at radius 2 is 1.86 bits per heavy atom. The molecule has 0 aliphatic rings. The van der Waals surface area contributed by atoms with Crippen LogP contribution in [-0.4, -0.2) is 26.6 Å². The van der Waals surface area contributed by atoms with Crippen molar-refractivity contribution in [1.29, 1.82) is 0 Å². The first-order chi connectivity index (χ1) is 13.5. The number of hydrogen-bond acceptors (Lipinski definition) is 3. The van der Waals surface area contributed by atoms with Crippen LogP contribution in [0.5, 0.6) is 0 Å². The van der Waals surface area contributed by atoms with Gasteiger partial charge in [-0.05, 0) is 56.5 Å². The Bertz CT molecular complexity index is 1010. The molecule has 2 aromatic rings. The van der Waals surface area contributed by atoms with Crippen LogP contribution in [0.1, 0.15) is 43.0 Å². The van der Waals surface area contributed by atoms with Crippen molar-refractivity contribution in [2.45, 2.75) is 46.2 Å². The van der Waals surface area contributed by atoms with Crippen LogP contribution in [0.3, 0.4) is 0 Å². The second-order valence-electron chi connectivity index (χ2n) is 7.17. The van der Waals surface area contributed by atoms with Crippen LogP contribution >= 0.6 is 11.6 Å². The van der Waals surface area contributed by atoms with Crippen molar-refractivity contribution in [2.75, 3.05) is 10.6 Å². The Morgan fingerprint density at radius 3 is 2.41 bits per heavy atom. The third-order valence-electron chi connectivity index (χ3n) is 4.75. The van der Waals surface area contributed by atoms with E-state index in [1.165, 1.54) is 12.1 Å². The number of carbonyl (C=O) groups excluding carboxylic acids is 1.